The molecule has 0 unspecified atom stereocenters. The SMILES string of the molecule is Cc1ccc(C(=N)N)c(N(CCO)CCO)c1. The van der Waals surface area contributed by atoms with Crippen LogP contribution >= 0.6 is 0 Å². The molecule has 0 aliphatic heterocycles. The summed E-state index contributed by atoms with van der Waals surface area (Å²) in [4.78, 5) is 1.82. The van der Waals surface area contributed by atoms with Crippen LogP contribution in [0.3, 0.4) is 0 Å². The van der Waals surface area contributed by atoms with Crippen LogP contribution in [0.1, 0.15) is 11.1 Å². The van der Waals surface area contributed by atoms with E-state index in [9.17, 15) is 0 Å². The van der Waals surface area contributed by atoms with Gasteiger partial charge in [0.15, 0.2) is 0 Å². The van der Waals surface area contributed by atoms with Crippen molar-refractivity contribution in [2.45, 2.75) is 6.92 Å². The summed E-state index contributed by atoms with van der Waals surface area (Å²) in [5, 5.41) is 25.6. The van der Waals surface area contributed by atoms with Gasteiger partial charge >= 0.3 is 0 Å². The maximum absolute atomic E-state index is 9.02. The summed E-state index contributed by atoms with van der Waals surface area (Å²) in [7, 11) is 0. The highest BCUT2D eigenvalue weighted by Gasteiger charge is 2.12. The monoisotopic (exact) mass is 237 g/mol. The van der Waals surface area contributed by atoms with E-state index in [0.717, 1.165) is 11.3 Å². The van der Waals surface area contributed by atoms with Gasteiger partial charge in [-0.3, -0.25) is 5.41 Å². The van der Waals surface area contributed by atoms with Gasteiger partial charge < -0.3 is 20.8 Å². The number of aryl methyl sites for hydroxylation is 1. The van der Waals surface area contributed by atoms with Crippen LogP contribution in [0.4, 0.5) is 5.69 Å². The van der Waals surface area contributed by atoms with Crippen LogP contribution in [0.15, 0.2) is 18.2 Å². The molecule has 5 N–H and O–H groups in total. The summed E-state index contributed by atoms with van der Waals surface area (Å²) in [5.41, 5.74) is 7.97. The number of hydrogen-bond donors (Lipinski definition) is 4. The van der Waals surface area contributed by atoms with E-state index in [0.29, 0.717) is 18.7 Å². The van der Waals surface area contributed by atoms with Crippen LogP contribution in [0.5, 0.6) is 0 Å². The van der Waals surface area contributed by atoms with Gasteiger partial charge in [0.05, 0.1) is 13.2 Å². The number of benzene rings is 1. The molecule has 0 radical (unpaired) electrons. The Balaban J connectivity index is 3.14. The van der Waals surface area contributed by atoms with Gasteiger partial charge in [0.25, 0.3) is 0 Å². The molecule has 5 nitrogen and oxygen atoms in total. The van der Waals surface area contributed by atoms with Gasteiger partial charge in [0.2, 0.25) is 0 Å². The highest BCUT2D eigenvalue weighted by atomic mass is 16.3. The van der Waals surface area contributed by atoms with Crippen LogP contribution in [-0.4, -0.2) is 42.4 Å². The van der Waals surface area contributed by atoms with Gasteiger partial charge in [-0.15, -0.1) is 0 Å². The van der Waals surface area contributed by atoms with Crippen molar-refractivity contribution in [2.24, 2.45) is 5.73 Å². The topological polar surface area (TPSA) is 93.6 Å². The predicted molar refractivity (Wildman–Crippen MR) is 68.6 cm³/mol. The molecule has 0 heterocycles. The average Bonchev–Trinajstić information content (AvgIpc) is 2.28. The minimum absolute atomic E-state index is 0.00864. The van der Waals surface area contributed by atoms with Gasteiger partial charge in [-0.25, -0.2) is 0 Å². The molecule has 5 heteroatoms. The van der Waals surface area contributed by atoms with Crippen molar-refractivity contribution in [3.63, 3.8) is 0 Å². The van der Waals surface area contributed by atoms with E-state index in [2.05, 4.69) is 0 Å². The first-order valence-corrected chi connectivity index (χ1v) is 5.52. The molecule has 0 atom stereocenters. The van der Waals surface area contributed by atoms with E-state index in [1.54, 1.807) is 6.07 Å². The van der Waals surface area contributed by atoms with E-state index >= 15 is 0 Å². The molecule has 0 fully saturated rings. The lowest BCUT2D eigenvalue weighted by molar-refractivity contribution is 0.281. The standard InChI is InChI=1S/C12H19N3O2/c1-9-2-3-10(12(13)14)11(8-9)15(4-6-16)5-7-17/h2-3,8,16-17H,4-7H2,1H3,(H3,13,14). The third-order valence-corrected chi connectivity index (χ3v) is 2.52. The number of nitrogens with zero attached hydrogens (tertiary/aromatic N) is 1. The Kier molecular flexibility index (Phi) is 4.93. The molecule has 1 rings (SSSR count). The summed E-state index contributed by atoms with van der Waals surface area (Å²) >= 11 is 0. The van der Waals surface area contributed by atoms with Crippen LogP contribution in [0, 0.1) is 12.3 Å². The number of anilines is 1. The van der Waals surface area contributed by atoms with Gasteiger partial charge in [-0.05, 0) is 24.6 Å². The van der Waals surface area contributed by atoms with Gasteiger partial charge in [-0.1, -0.05) is 6.07 Å². The number of nitrogens with two attached hydrogens (primary N) is 1. The maximum Gasteiger partial charge on any atom is 0.124 e. The Bertz CT molecular complexity index is 387. The number of amidine groups is 1. The molecule has 0 aliphatic carbocycles. The molecule has 0 saturated carbocycles. The third kappa shape index (κ3) is 3.44. The highest BCUT2D eigenvalue weighted by Crippen LogP contribution is 2.21. The Hall–Kier alpha value is -1.59. The molecule has 94 valence electrons. The van der Waals surface area contributed by atoms with Crippen molar-refractivity contribution in [3.05, 3.63) is 29.3 Å². The van der Waals surface area contributed by atoms with E-state index in [1.165, 1.54) is 0 Å². The summed E-state index contributed by atoms with van der Waals surface area (Å²) in [6.45, 7) is 2.74. The molecular formula is C12H19N3O2. The van der Waals surface area contributed by atoms with Crippen LogP contribution < -0.4 is 10.6 Å². The second kappa shape index (κ2) is 6.22. The molecule has 0 bridgehead atoms. The van der Waals surface area contributed by atoms with E-state index in [1.807, 2.05) is 24.0 Å². The zero-order chi connectivity index (χ0) is 12.8. The lowest BCUT2D eigenvalue weighted by atomic mass is 10.1. The van der Waals surface area contributed by atoms with Gasteiger partial charge in [0, 0.05) is 24.3 Å². The molecule has 0 saturated heterocycles. The number of nitrogens with one attached hydrogen (secondary N) is 1. The summed E-state index contributed by atoms with van der Waals surface area (Å²) in [5.74, 6) is -0.0131. The predicted octanol–water partition coefficient (Wildman–Crippen LogP) is 0.0701. The van der Waals surface area contributed by atoms with Crippen molar-refractivity contribution in [2.75, 3.05) is 31.2 Å². The smallest absolute Gasteiger partial charge is 0.124 e. The summed E-state index contributed by atoms with van der Waals surface area (Å²) in [6, 6.07) is 5.58. The highest BCUT2D eigenvalue weighted by molar-refractivity contribution is 6.00. The maximum atomic E-state index is 9.02. The number of hydrogen-bond acceptors (Lipinski definition) is 4. The second-order valence-electron chi connectivity index (χ2n) is 3.87. The Morgan fingerprint density at radius 3 is 2.35 bits per heavy atom. The molecule has 0 spiro atoms. The van der Waals surface area contributed by atoms with Crippen LogP contribution in [0.25, 0.3) is 0 Å². The van der Waals surface area contributed by atoms with Crippen LogP contribution in [-0.2, 0) is 0 Å². The zero-order valence-electron chi connectivity index (χ0n) is 9.98. The largest absolute Gasteiger partial charge is 0.395 e. The van der Waals surface area contributed by atoms with Gasteiger partial charge in [0.1, 0.15) is 5.84 Å². The normalized spacial score (nSPS) is 10.3. The van der Waals surface area contributed by atoms with Crippen molar-refractivity contribution in [1.82, 2.24) is 0 Å². The number of rotatable bonds is 6. The second-order valence-corrected chi connectivity index (χ2v) is 3.87. The molecule has 0 amide bonds. The van der Waals surface area contributed by atoms with Gasteiger partial charge in [-0.2, -0.15) is 0 Å². The van der Waals surface area contributed by atoms with Crippen molar-refractivity contribution >= 4 is 11.5 Å². The minimum atomic E-state index is -0.0131. The first-order chi connectivity index (χ1) is 8.10. The lowest BCUT2D eigenvalue weighted by Crippen LogP contribution is -2.32. The summed E-state index contributed by atoms with van der Waals surface area (Å²) < 4.78 is 0. The van der Waals surface area contributed by atoms with Crippen LogP contribution in [0.2, 0.25) is 0 Å². The number of aliphatic hydroxyl groups is 2. The Labute approximate surface area is 101 Å². The fourth-order valence-electron chi connectivity index (χ4n) is 1.73. The minimum Gasteiger partial charge on any atom is -0.395 e. The fourth-order valence-corrected chi connectivity index (χ4v) is 1.73. The average molecular weight is 237 g/mol. The zero-order valence-corrected chi connectivity index (χ0v) is 9.98. The lowest BCUT2D eigenvalue weighted by Gasteiger charge is -2.25. The number of aliphatic hydroxyl groups excluding tert-OH is 2. The van der Waals surface area contributed by atoms with Crippen molar-refractivity contribution in [3.8, 4) is 0 Å². The van der Waals surface area contributed by atoms with E-state index < -0.39 is 0 Å². The van der Waals surface area contributed by atoms with Crippen molar-refractivity contribution in [1.29, 1.82) is 5.41 Å². The fraction of sp³-hybridized carbons (Fsp3) is 0.417. The summed E-state index contributed by atoms with van der Waals surface area (Å²) in [6.07, 6.45) is 0. The van der Waals surface area contributed by atoms with E-state index in [4.69, 9.17) is 21.4 Å². The molecule has 17 heavy (non-hydrogen) atoms. The quantitative estimate of drug-likeness (QED) is 0.416. The number of nitrogen functional groups attached to an aromatic ring is 1. The Morgan fingerprint density at radius 1 is 1.29 bits per heavy atom. The molecule has 1 aromatic carbocycles. The molecule has 0 aliphatic rings. The Morgan fingerprint density at radius 2 is 1.88 bits per heavy atom. The molecule has 1 aromatic rings. The first kappa shape index (κ1) is 13.5. The molecular weight excluding hydrogens is 218 g/mol. The van der Waals surface area contributed by atoms with Crippen molar-refractivity contribution < 1.29 is 10.2 Å². The molecule has 0 aromatic heterocycles. The first-order valence-electron chi connectivity index (χ1n) is 5.52. The third-order valence-electron chi connectivity index (χ3n) is 2.52. The van der Waals surface area contributed by atoms with E-state index in [-0.39, 0.29) is 19.0 Å².